The second-order valence-corrected chi connectivity index (χ2v) is 6.63. The van der Waals surface area contributed by atoms with Crippen LogP contribution in [-0.2, 0) is 4.79 Å². The van der Waals surface area contributed by atoms with Gasteiger partial charge in [0.05, 0.1) is 0 Å². The molecule has 0 atom stereocenters. The highest BCUT2D eigenvalue weighted by Crippen LogP contribution is 2.46. The minimum absolute atomic E-state index is 0.163. The summed E-state index contributed by atoms with van der Waals surface area (Å²) in [5, 5.41) is 2.77. The molecule has 26 heavy (non-hydrogen) atoms. The second-order valence-electron chi connectivity index (χ2n) is 6.63. The summed E-state index contributed by atoms with van der Waals surface area (Å²) >= 11 is 0. The highest BCUT2D eigenvalue weighted by atomic mass is 19.1. The number of halogens is 1. The maximum absolute atomic E-state index is 12.9. The van der Waals surface area contributed by atoms with Crippen molar-refractivity contribution in [2.75, 3.05) is 11.9 Å². The van der Waals surface area contributed by atoms with Crippen molar-refractivity contribution in [1.82, 2.24) is 0 Å². The van der Waals surface area contributed by atoms with Gasteiger partial charge in [-0.15, -0.1) is 0 Å². The molecule has 5 nitrogen and oxygen atoms in total. The van der Waals surface area contributed by atoms with Crippen molar-refractivity contribution in [3.8, 4) is 17.2 Å². The van der Waals surface area contributed by atoms with Gasteiger partial charge in [-0.05, 0) is 49.2 Å². The number of anilines is 1. The summed E-state index contributed by atoms with van der Waals surface area (Å²) in [5.74, 6) is 0.621. The van der Waals surface area contributed by atoms with E-state index < -0.39 is 5.79 Å². The Morgan fingerprint density at radius 3 is 2.54 bits per heavy atom. The van der Waals surface area contributed by atoms with Crippen molar-refractivity contribution >= 4 is 11.6 Å². The topological polar surface area (TPSA) is 56.8 Å². The van der Waals surface area contributed by atoms with Gasteiger partial charge in [0.25, 0.3) is 11.7 Å². The Hall–Kier alpha value is -2.76. The first-order valence-electron chi connectivity index (χ1n) is 8.82. The number of benzene rings is 2. The van der Waals surface area contributed by atoms with Crippen molar-refractivity contribution in [2.24, 2.45) is 0 Å². The van der Waals surface area contributed by atoms with Crippen molar-refractivity contribution in [1.29, 1.82) is 0 Å². The van der Waals surface area contributed by atoms with Gasteiger partial charge in [-0.25, -0.2) is 4.39 Å². The van der Waals surface area contributed by atoms with Crippen LogP contribution in [0.15, 0.2) is 42.5 Å². The standard InChI is InChI=1S/C20H20FNO4/c21-14-4-7-16(8-5-14)24-13-19(23)22-15-6-9-17-18(12-15)26-20(25-17)10-2-1-3-11-20/h4-9,12H,1-3,10-11,13H2,(H,22,23). The molecule has 4 rings (SSSR count). The van der Waals surface area contributed by atoms with Gasteiger partial charge in [-0.2, -0.15) is 0 Å². The Balaban J connectivity index is 1.35. The Kier molecular flexibility index (Phi) is 4.41. The van der Waals surface area contributed by atoms with Crippen molar-refractivity contribution in [3.63, 3.8) is 0 Å². The summed E-state index contributed by atoms with van der Waals surface area (Å²) in [5.41, 5.74) is 0.618. The van der Waals surface area contributed by atoms with E-state index in [0.29, 0.717) is 22.9 Å². The smallest absolute Gasteiger partial charge is 0.262 e. The molecule has 0 radical (unpaired) electrons. The molecule has 0 unspecified atom stereocenters. The lowest BCUT2D eigenvalue weighted by atomic mass is 9.94. The summed E-state index contributed by atoms with van der Waals surface area (Å²) in [6, 6.07) is 10.9. The maximum atomic E-state index is 12.9. The van der Waals surface area contributed by atoms with Crippen molar-refractivity contribution in [3.05, 3.63) is 48.3 Å². The third-order valence-corrected chi connectivity index (χ3v) is 4.62. The van der Waals surface area contributed by atoms with Crippen LogP contribution in [0.25, 0.3) is 0 Å². The molecule has 1 spiro atoms. The molecule has 2 aliphatic rings. The van der Waals surface area contributed by atoms with Crippen LogP contribution >= 0.6 is 0 Å². The molecule has 0 bridgehead atoms. The van der Waals surface area contributed by atoms with Crippen LogP contribution in [0, 0.1) is 5.82 Å². The van der Waals surface area contributed by atoms with E-state index in [0.717, 1.165) is 25.7 Å². The molecular weight excluding hydrogens is 337 g/mol. The average Bonchev–Trinajstić information content (AvgIpc) is 2.98. The number of hydrogen-bond acceptors (Lipinski definition) is 4. The number of fused-ring (bicyclic) bond motifs is 1. The summed E-state index contributed by atoms with van der Waals surface area (Å²) < 4.78 is 30.3. The van der Waals surface area contributed by atoms with Gasteiger partial charge < -0.3 is 19.5 Å². The summed E-state index contributed by atoms with van der Waals surface area (Å²) in [7, 11) is 0. The Labute approximate surface area is 151 Å². The molecule has 1 aliphatic carbocycles. The van der Waals surface area contributed by atoms with Gasteiger partial charge >= 0.3 is 0 Å². The predicted octanol–water partition coefficient (Wildman–Crippen LogP) is 4.27. The Bertz CT molecular complexity index is 800. The Morgan fingerprint density at radius 1 is 1.04 bits per heavy atom. The van der Waals surface area contributed by atoms with E-state index in [1.807, 2.05) is 6.07 Å². The largest absolute Gasteiger partial charge is 0.484 e. The molecule has 0 aromatic heterocycles. The number of nitrogens with one attached hydrogen (secondary N) is 1. The molecule has 6 heteroatoms. The van der Waals surface area contributed by atoms with Crippen LogP contribution in [0.3, 0.4) is 0 Å². The van der Waals surface area contributed by atoms with Gasteiger partial charge in [0.15, 0.2) is 18.1 Å². The molecule has 0 saturated heterocycles. The minimum atomic E-state index is -0.533. The molecule has 1 amide bonds. The lowest BCUT2D eigenvalue weighted by Gasteiger charge is -2.31. The van der Waals surface area contributed by atoms with Gasteiger partial charge in [-0.3, -0.25) is 4.79 Å². The molecular formula is C20H20FNO4. The number of ether oxygens (including phenoxy) is 3. The quantitative estimate of drug-likeness (QED) is 0.888. The zero-order valence-corrected chi connectivity index (χ0v) is 14.3. The monoisotopic (exact) mass is 357 g/mol. The molecule has 1 heterocycles. The first-order chi connectivity index (χ1) is 12.6. The second kappa shape index (κ2) is 6.86. The first kappa shape index (κ1) is 16.7. The lowest BCUT2D eigenvalue weighted by molar-refractivity contribution is -0.118. The highest BCUT2D eigenvalue weighted by molar-refractivity contribution is 5.92. The maximum Gasteiger partial charge on any atom is 0.262 e. The fourth-order valence-corrected chi connectivity index (χ4v) is 3.34. The SMILES string of the molecule is O=C(COc1ccc(F)cc1)Nc1ccc2c(c1)OC1(CCCCC1)O2. The van der Waals surface area contributed by atoms with E-state index in [2.05, 4.69) is 5.32 Å². The molecule has 2 aromatic carbocycles. The number of carbonyl (C=O) groups is 1. The normalized spacial score (nSPS) is 17.1. The van der Waals surface area contributed by atoms with Gasteiger partial charge in [0.1, 0.15) is 11.6 Å². The van der Waals surface area contributed by atoms with Crippen LogP contribution in [0.2, 0.25) is 0 Å². The van der Waals surface area contributed by atoms with Crippen molar-refractivity contribution in [2.45, 2.75) is 37.9 Å². The minimum Gasteiger partial charge on any atom is -0.484 e. The number of carbonyl (C=O) groups excluding carboxylic acids is 1. The molecule has 2 aromatic rings. The molecule has 1 aliphatic heterocycles. The zero-order chi connectivity index (χ0) is 18.0. The van der Waals surface area contributed by atoms with Gasteiger partial charge in [-0.1, -0.05) is 6.42 Å². The van der Waals surface area contributed by atoms with Gasteiger partial charge in [0, 0.05) is 24.6 Å². The summed E-state index contributed by atoms with van der Waals surface area (Å²) in [6.45, 7) is -0.163. The van der Waals surface area contributed by atoms with Crippen LogP contribution in [0.5, 0.6) is 17.2 Å². The first-order valence-corrected chi connectivity index (χ1v) is 8.82. The van der Waals surface area contributed by atoms with Crippen molar-refractivity contribution < 1.29 is 23.4 Å². The zero-order valence-electron chi connectivity index (χ0n) is 14.3. The number of amides is 1. The van der Waals surface area contributed by atoms with Crippen LogP contribution in [0.4, 0.5) is 10.1 Å². The van der Waals surface area contributed by atoms with E-state index in [1.165, 1.54) is 30.7 Å². The lowest BCUT2D eigenvalue weighted by Crippen LogP contribution is -2.40. The van der Waals surface area contributed by atoms with Gasteiger partial charge in [0.2, 0.25) is 0 Å². The molecule has 1 saturated carbocycles. The van der Waals surface area contributed by atoms with E-state index in [9.17, 15) is 9.18 Å². The third-order valence-electron chi connectivity index (χ3n) is 4.62. The molecule has 136 valence electrons. The summed E-state index contributed by atoms with van der Waals surface area (Å²) in [6.07, 6.45) is 5.17. The fourth-order valence-electron chi connectivity index (χ4n) is 3.34. The van der Waals surface area contributed by atoms with Crippen LogP contribution in [0.1, 0.15) is 32.1 Å². The van der Waals surface area contributed by atoms with Crippen LogP contribution in [-0.4, -0.2) is 18.3 Å². The van der Waals surface area contributed by atoms with E-state index in [1.54, 1.807) is 12.1 Å². The average molecular weight is 357 g/mol. The highest BCUT2D eigenvalue weighted by Gasteiger charge is 2.42. The number of hydrogen-bond donors (Lipinski definition) is 1. The van der Waals surface area contributed by atoms with E-state index in [-0.39, 0.29) is 18.3 Å². The van der Waals surface area contributed by atoms with Crippen LogP contribution < -0.4 is 19.5 Å². The molecule has 1 fully saturated rings. The summed E-state index contributed by atoms with van der Waals surface area (Å²) in [4.78, 5) is 12.1. The Morgan fingerprint density at radius 2 is 1.77 bits per heavy atom. The van der Waals surface area contributed by atoms with E-state index >= 15 is 0 Å². The van der Waals surface area contributed by atoms with E-state index in [4.69, 9.17) is 14.2 Å². The molecule has 1 N–H and O–H groups in total. The third kappa shape index (κ3) is 3.59. The number of rotatable bonds is 4. The predicted molar refractivity (Wildman–Crippen MR) is 94.0 cm³/mol. The fraction of sp³-hybridized carbons (Fsp3) is 0.350.